The molecule has 11 heteroatoms. The lowest BCUT2D eigenvalue weighted by molar-refractivity contribution is -0.137. The van der Waals surface area contributed by atoms with E-state index >= 15 is 0 Å². The van der Waals surface area contributed by atoms with Crippen molar-refractivity contribution in [3.05, 3.63) is 66.1 Å². The number of hydrogen-bond acceptors (Lipinski definition) is 7. The van der Waals surface area contributed by atoms with Gasteiger partial charge in [0.05, 0.1) is 24.1 Å². The molecule has 0 radical (unpaired) electrons. The fourth-order valence-corrected chi connectivity index (χ4v) is 8.66. The van der Waals surface area contributed by atoms with Crippen LogP contribution in [0.4, 0.5) is 23.1 Å². The van der Waals surface area contributed by atoms with Crippen molar-refractivity contribution in [2.45, 2.75) is 64.0 Å². The van der Waals surface area contributed by atoms with Crippen LogP contribution in [0.3, 0.4) is 0 Å². The van der Waals surface area contributed by atoms with Gasteiger partial charge in [-0.25, -0.2) is 4.98 Å². The predicted octanol–water partition coefficient (Wildman–Crippen LogP) is 6.43. The fourth-order valence-electron chi connectivity index (χ4n) is 8.50. The van der Waals surface area contributed by atoms with Crippen molar-refractivity contribution in [2.24, 2.45) is 29.6 Å². The summed E-state index contributed by atoms with van der Waals surface area (Å²) in [6.07, 6.45) is 16.0. The number of nitrogens with zero attached hydrogens (tertiary/aromatic N) is 5. The number of likely N-dealkylation sites (tertiary alicyclic amines) is 1. The number of carbonyl (C=O) groups is 2. The number of benzene rings is 1. The van der Waals surface area contributed by atoms with Gasteiger partial charge in [0.15, 0.2) is 5.82 Å². The minimum atomic E-state index is -0.263. The monoisotopic (exact) mass is 628 g/mol. The Morgan fingerprint density at radius 2 is 1.78 bits per heavy atom. The number of hydrogen-bond donors (Lipinski definition) is 3. The summed E-state index contributed by atoms with van der Waals surface area (Å²) in [6, 6.07) is 7.76. The second kappa shape index (κ2) is 12.8. The summed E-state index contributed by atoms with van der Waals surface area (Å²) in [7, 11) is 0. The summed E-state index contributed by atoms with van der Waals surface area (Å²) >= 11 is 6.38. The van der Waals surface area contributed by atoms with Gasteiger partial charge in [0.2, 0.25) is 17.8 Å². The van der Waals surface area contributed by atoms with Crippen LogP contribution in [0.15, 0.2) is 55.5 Å². The SMILES string of the molecule is C=CC(=O)Nc1cccc(CNc2nc(Nc3cnn(C4CCN(C(=O)CC5C6CC7C[C@H](C6)C[C@H]5C7)CC4)c3)ncc2Cl)c1. The minimum Gasteiger partial charge on any atom is -0.365 e. The number of halogens is 1. The Labute approximate surface area is 269 Å². The largest absolute Gasteiger partial charge is 0.365 e. The molecule has 3 aromatic rings. The van der Waals surface area contributed by atoms with Gasteiger partial charge in [0, 0.05) is 37.9 Å². The molecule has 0 atom stereocenters. The van der Waals surface area contributed by atoms with Crippen LogP contribution in [-0.2, 0) is 16.1 Å². The van der Waals surface area contributed by atoms with E-state index in [4.69, 9.17) is 11.6 Å². The molecular formula is C34H41ClN8O2. The Balaban J connectivity index is 0.906. The highest BCUT2D eigenvalue weighted by Crippen LogP contribution is 2.57. The third kappa shape index (κ3) is 6.71. The summed E-state index contributed by atoms with van der Waals surface area (Å²) < 4.78 is 2.00. The van der Waals surface area contributed by atoms with E-state index in [1.54, 1.807) is 12.4 Å². The normalized spacial score (nSPS) is 25.6. The van der Waals surface area contributed by atoms with E-state index in [1.165, 1.54) is 38.2 Å². The highest BCUT2D eigenvalue weighted by molar-refractivity contribution is 6.32. The van der Waals surface area contributed by atoms with Gasteiger partial charge in [0.25, 0.3) is 0 Å². The molecule has 3 N–H and O–H groups in total. The topological polar surface area (TPSA) is 117 Å². The van der Waals surface area contributed by atoms with Gasteiger partial charge in [-0.05, 0) is 98.3 Å². The molecule has 10 nitrogen and oxygen atoms in total. The van der Waals surface area contributed by atoms with E-state index in [1.807, 2.05) is 35.1 Å². The molecular weight excluding hydrogens is 588 g/mol. The zero-order valence-electron chi connectivity index (χ0n) is 25.5. The highest BCUT2D eigenvalue weighted by atomic mass is 35.5. The van der Waals surface area contributed by atoms with Gasteiger partial charge < -0.3 is 20.9 Å². The van der Waals surface area contributed by atoms with Crippen LogP contribution in [0.25, 0.3) is 0 Å². The molecule has 5 aliphatic rings. The number of carbonyl (C=O) groups excluding carboxylic acids is 2. The average Bonchev–Trinajstić information content (AvgIpc) is 3.51. The maximum absolute atomic E-state index is 13.3. The summed E-state index contributed by atoms with van der Waals surface area (Å²) in [6.45, 7) is 5.52. The zero-order valence-corrected chi connectivity index (χ0v) is 26.3. The quantitative estimate of drug-likeness (QED) is 0.221. The molecule has 4 aliphatic carbocycles. The molecule has 5 fully saturated rings. The van der Waals surface area contributed by atoms with Crippen molar-refractivity contribution in [2.75, 3.05) is 29.0 Å². The van der Waals surface area contributed by atoms with Crippen LogP contribution in [0.1, 0.15) is 63.0 Å². The molecule has 4 bridgehead atoms. The smallest absolute Gasteiger partial charge is 0.247 e. The molecule has 1 aliphatic heterocycles. The number of rotatable bonds is 10. The Bertz CT molecular complexity index is 1540. The standard InChI is InChI=1S/C34H41ClN8O2/c1-2-31(44)39-26-5-3-4-21(15-26)17-36-33-30(35)19-37-34(41-33)40-27-18-38-43(20-27)28-6-8-42(9-7-28)32(45)16-29-24-11-22-10-23(13-24)14-25(29)12-22/h2-5,15,18-20,22-25,28-29H,1,6-14,16-17H2,(H,39,44)(H2,36,37,40,41)/t22-,23?,24-,25?,29?/m0/s1. The first-order valence-corrected chi connectivity index (χ1v) is 16.7. The third-order valence-corrected chi connectivity index (χ3v) is 10.7. The second-order valence-electron chi connectivity index (χ2n) is 13.4. The van der Waals surface area contributed by atoms with Crippen LogP contribution in [0, 0.1) is 29.6 Å². The van der Waals surface area contributed by atoms with E-state index in [0.29, 0.717) is 40.8 Å². The van der Waals surface area contributed by atoms with Crippen LogP contribution < -0.4 is 16.0 Å². The summed E-state index contributed by atoms with van der Waals surface area (Å²) in [5, 5.41) is 14.3. The van der Waals surface area contributed by atoms with Crippen molar-refractivity contribution in [3.63, 3.8) is 0 Å². The molecule has 2 amide bonds. The highest BCUT2D eigenvalue weighted by Gasteiger charge is 2.48. The molecule has 1 saturated heterocycles. The molecule has 0 spiro atoms. The number of piperidine rings is 1. The third-order valence-electron chi connectivity index (χ3n) is 10.5. The molecule has 3 heterocycles. The van der Waals surface area contributed by atoms with Crippen molar-refractivity contribution in [1.82, 2.24) is 24.6 Å². The summed E-state index contributed by atoms with van der Waals surface area (Å²) in [4.78, 5) is 36.0. The maximum Gasteiger partial charge on any atom is 0.247 e. The zero-order chi connectivity index (χ0) is 30.9. The van der Waals surface area contributed by atoms with Crippen LogP contribution in [0.5, 0.6) is 0 Å². The molecule has 8 rings (SSSR count). The van der Waals surface area contributed by atoms with E-state index < -0.39 is 0 Å². The van der Waals surface area contributed by atoms with Crippen molar-refractivity contribution < 1.29 is 9.59 Å². The molecule has 236 valence electrons. The Hall–Kier alpha value is -3.92. The molecule has 0 unspecified atom stereocenters. The van der Waals surface area contributed by atoms with Crippen molar-refractivity contribution >= 4 is 46.6 Å². The van der Waals surface area contributed by atoms with Crippen molar-refractivity contribution in [1.29, 1.82) is 0 Å². The molecule has 4 saturated carbocycles. The first-order valence-electron chi connectivity index (χ1n) is 16.3. The van der Waals surface area contributed by atoms with E-state index in [0.717, 1.165) is 67.3 Å². The Kier molecular flexibility index (Phi) is 8.49. The lowest BCUT2D eigenvalue weighted by Gasteiger charge is -2.54. The van der Waals surface area contributed by atoms with Gasteiger partial charge in [0.1, 0.15) is 5.02 Å². The van der Waals surface area contributed by atoms with Gasteiger partial charge in [-0.3, -0.25) is 14.3 Å². The summed E-state index contributed by atoms with van der Waals surface area (Å²) in [5.74, 6) is 5.10. The fraction of sp³-hybridized carbons (Fsp3) is 0.500. The first kappa shape index (κ1) is 29.8. The molecule has 1 aromatic carbocycles. The number of nitrogens with one attached hydrogen (secondary N) is 3. The Morgan fingerprint density at radius 1 is 1.02 bits per heavy atom. The minimum absolute atomic E-state index is 0.251. The van der Waals surface area contributed by atoms with Crippen molar-refractivity contribution in [3.8, 4) is 0 Å². The van der Waals surface area contributed by atoms with Gasteiger partial charge >= 0.3 is 0 Å². The van der Waals surface area contributed by atoms with E-state index in [-0.39, 0.29) is 11.9 Å². The van der Waals surface area contributed by atoms with Gasteiger partial charge in [-0.1, -0.05) is 30.3 Å². The van der Waals surface area contributed by atoms with Crippen LogP contribution in [0.2, 0.25) is 5.02 Å². The van der Waals surface area contributed by atoms with Gasteiger partial charge in [-0.15, -0.1) is 0 Å². The molecule has 2 aromatic heterocycles. The van der Waals surface area contributed by atoms with Crippen LogP contribution in [-0.4, -0.2) is 49.6 Å². The van der Waals surface area contributed by atoms with E-state index in [2.05, 4.69) is 42.5 Å². The lowest BCUT2D eigenvalue weighted by atomic mass is 9.51. The van der Waals surface area contributed by atoms with Crippen LogP contribution >= 0.6 is 11.6 Å². The first-order chi connectivity index (χ1) is 21.9. The van der Waals surface area contributed by atoms with Gasteiger partial charge in [-0.2, -0.15) is 10.1 Å². The van der Waals surface area contributed by atoms with E-state index in [9.17, 15) is 9.59 Å². The summed E-state index contributed by atoms with van der Waals surface area (Å²) in [5.41, 5.74) is 2.42. The number of amides is 2. The second-order valence-corrected chi connectivity index (χ2v) is 13.8. The number of anilines is 4. The maximum atomic E-state index is 13.3. The Morgan fingerprint density at radius 3 is 2.51 bits per heavy atom. The average molecular weight is 629 g/mol. The number of aromatic nitrogens is 4. The molecule has 45 heavy (non-hydrogen) atoms. The predicted molar refractivity (Wildman–Crippen MR) is 175 cm³/mol. The lowest BCUT2D eigenvalue weighted by Crippen LogP contribution is -2.47.